The van der Waals surface area contributed by atoms with Gasteiger partial charge in [0.1, 0.15) is 39.5 Å². The molecular formula is C54H53Cl2N16P5. The summed E-state index contributed by atoms with van der Waals surface area (Å²) < 4.78 is 9.48. The molecule has 0 saturated carbocycles. The Labute approximate surface area is 465 Å². The zero-order valence-electron chi connectivity index (χ0n) is 41.9. The first-order chi connectivity index (χ1) is 37.3. The number of hydrogen-bond acceptors (Lipinski definition) is 9. The summed E-state index contributed by atoms with van der Waals surface area (Å²) in [5.74, 6) is 0. The molecule has 0 aliphatic carbocycles. The van der Waals surface area contributed by atoms with Crippen LogP contribution in [0.1, 0.15) is 27.8 Å². The van der Waals surface area contributed by atoms with E-state index in [1.807, 2.05) is 138 Å². The molecule has 23 heteroatoms. The number of nitrogens with zero attached hydrogens (tertiary/aromatic N) is 13. The van der Waals surface area contributed by atoms with Gasteiger partial charge in [0, 0.05) is 131 Å². The van der Waals surface area contributed by atoms with Crippen LogP contribution < -0.4 is 5.73 Å². The van der Waals surface area contributed by atoms with Gasteiger partial charge >= 0.3 is 0 Å². The lowest BCUT2D eigenvalue weighted by molar-refractivity contribution is 1.08. The summed E-state index contributed by atoms with van der Waals surface area (Å²) in [5, 5.41) is 17.9. The fourth-order valence-electron chi connectivity index (χ4n) is 7.88. The Morgan fingerprint density at radius 2 is 0.779 bits per heavy atom. The minimum absolute atomic E-state index is 0.563. The van der Waals surface area contributed by atoms with Crippen molar-refractivity contribution < 1.29 is 0 Å². The number of halogens is 2. The molecule has 0 aliphatic heterocycles. The fourth-order valence-corrected chi connectivity index (χ4v) is 9.75. The van der Waals surface area contributed by atoms with E-state index in [4.69, 9.17) is 34.2 Å². The second-order valence-electron chi connectivity index (χ2n) is 16.9. The smallest absolute Gasteiger partial charge is 0.144 e. The van der Waals surface area contributed by atoms with Crippen LogP contribution in [0.15, 0.2) is 172 Å². The summed E-state index contributed by atoms with van der Waals surface area (Å²) in [6, 6.07) is 29.3. The number of rotatable bonds is 1. The standard InChI is InChI=1S/C8H10N3P.C8H6N3P.2C8H9N2P.C8H8N2.C7H6ClN2P.C7H5ClN2/c2*9-5-6-1-3-10-8-7(6)2-4-11(8)12;2*1-6-2-4-9-8-7(6)3-5-10(8)11;1-6-2-4-9-8-7(6)3-5-10-8;8-6-1-3-9-7-5(6)2-4-10(7)11;8-6-2-4-10-7-5(6)1-3-9-7/h1-4H,5,9,12H2;1-4H,12H2;2*2-5H,11H2,1H3;2-5H,1H3,(H,9,10);1-4H,11H2;1-4H,(H,9,10). The molecule has 0 spiro atoms. The number of aryl methyl sites for hydroxylation is 3. The maximum absolute atomic E-state index is 8.75. The Hall–Kier alpha value is -6.99. The summed E-state index contributed by atoms with van der Waals surface area (Å²) in [6.07, 6.45) is 25.7. The molecule has 0 radical (unpaired) electrons. The van der Waals surface area contributed by atoms with Gasteiger partial charge in [0.15, 0.2) is 0 Å². The van der Waals surface area contributed by atoms with E-state index in [1.54, 1.807) is 43.0 Å². The molecule has 0 saturated heterocycles. The monoisotopic (exact) mass is 1150 g/mol. The summed E-state index contributed by atoms with van der Waals surface area (Å²) in [4.78, 5) is 35.2. The zero-order valence-corrected chi connectivity index (χ0v) is 49.2. The first kappa shape index (κ1) is 56.2. The third-order valence-electron chi connectivity index (χ3n) is 12.0. The third kappa shape index (κ3) is 13.4. The van der Waals surface area contributed by atoms with Crippen LogP contribution in [0.2, 0.25) is 10.0 Å². The normalized spacial score (nSPS) is 10.6. The van der Waals surface area contributed by atoms with Crippen LogP contribution in [0.25, 0.3) is 77.2 Å². The van der Waals surface area contributed by atoms with E-state index in [1.165, 1.54) is 32.8 Å². The highest BCUT2D eigenvalue weighted by Gasteiger charge is 2.06. The van der Waals surface area contributed by atoms with Crippen molar-refractivity contribution in [1.82, 2.24) is 66.5 Å². The maximum Gasteiger partial charge on any atom is 0.144 e. The lowest BCUT2D eigenvalue weighted by Crippen LogP contribution is -1.97. The predicted octanol–water partition coefficient (Wildman–Crippen LogP) is 13.1. The van der Waals surface area contributed by atoms with Gasteiger partial charge in [-0.25, -0.2) is 34.9 Å². The number of aromatic amines is 2. The van der Waals surface area contributed by atoms with Gasteiger partial charge in [0.25, 0.3) is 0 Å². The van der Waals surface area contributed by atoms with Crippen LogP contribution in [0.3, 0.4) is 0 Å². The first-order valence-corrected chi connectivity index (χ1v) is 26.8. The molecule has 0 fully saturated rings. The quantitative estimate of drug-likeness (QED) is 0.134. The molecule has 0 aromatic carbocycles. The predicted molar refractivity (Wildman–Crippen MR) is 333 cm³/mol. The van der Waals surface area contributed by atoms with Gasteiger partial charge < -0.3 is 37.4 Å². The molecule has 5 atom stereocenters. The molecule has 77 heavy (non-hydrogen) atoms. The lowest BCUT2D eigenvalue weighted by Gasteiger charge is -1.98. The van der Waals surface area contributed by atoms with Crippen molar-refractivity contribution in [2.24, 2.45) is 5.73 Å². The van der Waals surface area contributed by atoms with E-state index >= 15 is 0 Å². The van der Waals surface area contributed by atoms with E-state index in [9.17, 15) is 0 Å². The lowest BCUT2D eigenvalue weighted by atomic mass is 10.2. The molecule has 14 rings (SSSR count). The maximum atomic E-state index is 8.75. The minimum atomic E-state index is 0.563. The molecule has 14 aromatic rings. The van der Waals surface area contributed by atoms with Crippen LogP contribution in [-0.2, 0) is 6.54 Å². The Balaban J connectivity index is 0.000000119. The second kappa shape index (κ2) is 26.4. The number of nitrogens with one attached hydrogen (secondary N) is 2. The third-order valence-corrected chi connectivity index (χ3v) is 14.7. The number of fused-ring (bicyclic) bond motifs is 7. The van der Waals surface area contributed by atoms with E-state index in [2.05, 4.69) is 131 Å². The number of nitriles is 1. The molecule has 14 aromatic heterocycles. The molecule has 5 unspecified atom stereocenters. The topological polar surface area (TPSA) is 196 Å². The van der Waals surface area contributed by atoms with Gasteiger partial charge in [0.05, 0.1) is 21.7 Å². The summed E-state index contributed by atoms with van der Waals surface area (Å²) >= 11 is 11.7. The molecular weight excluding hydrogens is 1100 g/mol. The van der Waals surface area contributed by atoms with Crippen molar-refractivity contribution in [3.05, 3.63) is 210 Å². The Morgan fingerprint density at radius 1 is 0.429 bits per heavy atom. The van der Waals surface area contributed by atoms with Crippen LogP contribution in [0.5, 0.6) is 0 Å². The number of aromatic nitrogens is 14. The number of hydrogen-bond donors (Lipinski definition) is 3. The summed E-state index contributed by atoms with van der Waals surface area (Å²) in [7, 11) is 12.9. The average Bonchev–Trinajstić information content (AvgIpc) is 4.34. The fraction of sp³-hybridized carbons (Fsp3) is 0.0741. The van der Waals surface area contributed by atoms with Crippen molar-refractivity contribution >= 4 is 147 Å². The van der Waals surface area contributed by atoms with E-state index in [0.29, 0.717) is 12.1 Å². The van der Waals surface area contributed by atoms with Gasteiger partial charge in [-0.2, -0.15) is 5.26 Å². The van der Waals surface area contributed by atoms with E-state index in [0.717, 1.165) is 76.7 Å². The largest absolute Gasteiger partial charge is 0.346 e. The molecule has 388 valence electrons. The van der Waals surface area contributed by atoms with Crippen molar-refractivity contribution in [3.63, 3.8) is 0 Å². The molecule has 0 amide bonds. The highest BCUT2D eigenvalue weighted by atomic mass is 35.5. The number of H-pyrrole nitrogens is 2. The molecule has 0 bridgehead atoms. The highest BCUT2D eigenvalue weighted by Crippen LogP contribution is 2.25. The van der Waals surface area contributed by atoms with Crippen LogP contribution in [-0.4, -0.2) is 66.5 Å². The van der Waals surface area contributed by atoms with Crippen molar-refractivity contribution in [2.45, 2.75) is 27.3 Å². The van der Waals surface area contributed by atoms with Gasteiger partial charge in [-0.3, -0.25) is 0 Å². The van der Waals surface area contributed by atoms with Crippen LogP contribution >= 0.6 is 70.2 Å². The summed E-state index contributed by atoms with van der Waals surface area (Å²) in [5.41, 5.74) is 17.7. The number of nitrogens with two attached hydrogens (primary N) is 1. The van der Waals surface area contributed by atoms with Gasteiger partial charge in [-0.15, -0.1) is 0 Å². The van der Waals surface area contributed by atoms with Gasteiger partial charge in [-0.1, -0.05) is 23.2 Å². The first-order valence-electron chi connectivity index (χ1n) is 23.5. The summed E-state index contributed by atoms with van der Waals surface area (Å²) in [6.45, 7) is 6.83. The van der Waals surface area contributed by atoms with Gasteiger partial charge in [-0.05, 0) is 175 Å². The SMILES string of the molecule is Cc1ccnc2[nH]ccc12.Cc1ccnc2c1ccn2P.Cc1ccnc2c1ccn2P.Clc1ccnc2[nH]ccc12.N#Cc1ccnc2c1ccn2P.NCc1ccnc2c1ccn2P.Pn1ccc2c(Cl)ccnc21. The van der Waals surface area contributed by atoms with Gasteiger partial charge in [0.2, 0.25) is 0 Å². The molecule has 0 aliphatic rings. The number of pyridine rings is 7. The second-order valence-corrected chi connectivity index (χ2v) is 20.5. The molecule has 14 heterocycles. The van der Waals surface area contributed by atoms with Crippen LogP contribution in [0, 0.1) is 32.1 Å². The van der Waals surface area contributed by atoms with Crippen molar-refractivity contribution in [2.75, 3.05) is 0 Å². The Morgan fingerprint density at radius 3 is 1.25 bits per heavy atom. The highest BCUT2D eigenvalue weighted by molar-refractivity contribution is 7.15. The molecule has 4 N–H and O–H groups in total. The molecule has 16 nitrogen and oxygen atoms in total. The minimum Gasteiger partial charge on any atom is -0.346 e. The zero-order chi connectivity index (χ0) is 54.6. The average molecular weight is 1150 g/mol. The Kier molecular flexibility index (Phi) is 19.3. The Bertz CT molecular complexity index is 4040. The van der Waals surface area contributed by atoms with Crippen molar-refractivity contribution in [1.29, 1.82) is 5.26 Å². The van der Waals surface area contributed by atoms with E-state index < -0.39 is 0 Å². The van der Waals surface area contributed by atoms with Crippen LogP contribution in [0.4, 0.5) is 0 Å². The van der Waals surface area contributed by atoms with Crippen molar-refractivity contribution in [3.8, 4) is 6.07 Å². The van der Waals surface area contributed by atoms with E-state index in [-0.39, 0.29) is 0 Å².